The monoisotopic (exact) mass is 365 g/mol. The maximum atomic E-state index is 12.9. The molecule has 0 saturated carbocycles. The molecular weight excluding hydrogens is 342 g/mol. The zero-order valence-corrected chi connectivity index (χ0v) is 16.6. The number of benzene rings is 2. The Kier molecular flexibility index (Phi) is 5.43. The van der Waals surface area contributed by atoms with E-state index < -0.39 is 10.0 Å². The van der Waals surface area contributed by atoms with E-state index in [1.165, 1.54) is 0 Å². The summed E-state index contributed by atoms with van der Waals surface area (Å²) in [7, 11) is -3.60. The van der Waals surface area contributed by atoms with E-state index in [1.807, 2.05) is 53.7 Å². The largest absolute Gasteiger partial charge is 0.241 e. The van der Waals surface area contributed by atoms with E-state index in [4.69, 9.17) is 11.6 Å². The summed E-state index contributed by atoms with van der Waals surface area (Å²) < 4.78 is 28.4. The molecule has 0 aliphatic heterocycles. The molecule has 0 aliphatic carbocycles. The third kappa shape index (κ3) is 3.51. The van der Waals surface area contributed by atoms with Crippen LogP contribution in [0.4, 0.5) is 0 Å². The zero-order chi connectivity index (χ0) is 18.2. The normalized spacial score (nSPS) is 11.8. The Balaban J connectivity index is 2.39. The quantitative estimate of drug-likeness (QED) is 0.855. The fourth-order valence-corrected chi connectivity index (χ4v) is 4.68. The first-order chi connectivity index (χ1) is 11.1. The molecule has 2 aromatic carbocycles. The van der Waals surface area contributed by atoms with Gasteiger partial charge < -0.3 is 0 Å². The molecule has 2 rings (SSSR count). The summed E-state index contributed by atoms with van der Waals surface area (Å²) >= 11 is 6.11. The summed E-state index contributed by atoms with van der Waals surface area (Å²) in [6.07, 6.45) is 0. The average molecular weight is 366 g/mol. The Bertz CT molecular complexity index is 873. The molecule has 2 aromatic rings. The number of aryl methyl sites for hydroxylation is 1. The molecule has 1 N–H and O–H groups in total. The topological polar surface area (TPSA) is 46.2 Å². The standard InChI is InChI=1S/C19H24ClNO2S/c1-11-7-8-17(9-18(11)20)10-21-24(22,23)19-15(5)13(3)12(2)14(4)16(19)6/h7-9,21H,10H2,1-6H3. The number of hydrogen-bond donors (Lipinski definition) is 1. The van der Waals surface area contributed by atoms with Gasteiger partial charge in [-0.25, -0.2) is 13.1 Å². The van der Waals surface area contributed by atoms with Gasteiger partial charge in [-0.1, -0.05) is 23.7 Å². The lowest BCUT2D eigenvalue weighted by Crippen LogP contribution is -2.25. The first kappa shape index (κ1) is 19.0. The van der Waals surface area contributed by atoms with Crippen LogP contribution >= 0.6 is 11.6 Å². The third-order valence-corrected chi connectivity index (χ3v) is 6.98. The average Bonchev–Trinajstić information content (AvgIpc) is 2.52. The van der Waals surface area contributed by atoms with Crippen molar-refractivity contribution in [3.05, 3.63) is 62.2 Å². The van der Waals surface area contributed by atoms with E-state index in [9.17, 15) is 8.42 Å². The van der Waals surface area contributed by atoms with Gasteiger partial charge in [-0.2, -0.15) is 0 Å². The van der Waals surface area contributed by atoms with Gasteiger partial charge in [0.25, 0.3) is 0 Å². The SMILES string of the molecule is Cc1ccc(CNS(=O)(=O)c2c(C)c(C)c(C)c(C)c2C)cc1Cl. The summed E-state index contributed by atoms with van der Waals surface area (Å²) in [5.41, 5.74) is 6.63. The summed E-state index contributed by atoms with van der Waals surface area (Å²) in [5, 5.41) is 0.640. The second-order valence-electron chi connectivity index (χ2n) is 6.36. The Morgan fingerprint density at radius 2 is 1.38 bits per heavy atom. The van der Waals surface area contributed by atoms with Gasteiger partial charge in [0, 0.05) is 11.6 Å². The van der Waals surface area contributed by atoms with Crippen molar-refractivity contribution >= 4 is 21.6 Å². The lowest BCUT2D eigenvalue weighted by molar-refractivity contribution is 0.579. The zero-order valence-electron chi connectivity index (χ0n) is 15.0. The van der Waals surface area contributed by atoms with Crippen LogP contribution in [0.3, 0.4) is 0 Å². The predicted octanol–water partition coefficient (Wildman–Crippen LogP) is 4.67. The van der Waals surface area contributed by atoms with Gasteiger partial charge in [0.15, 0.2) is 0 Å². The molecule has 0 aliphatic rings. The first-order valence-electron chi connectivity index (χ1n) is 7.88. The molecule has 0 spiro atoms. The Hall–Kier alpha value is -1.36. The van der Waals surface area contributed by atoms with E-state index in [0.717, 1.165) is 38.9 Å². The molecule has 0 atom stereocenters. The minimum Gasteiger partial charge on any atom is -0.207 e. The number of sulfonamides is 1. The summed E-state index contributed by atoms with van der Waals surface area (Å²) in [4.78, 5) is 0.390. The fourth-order valence-electron chi connectivity index (χ4n) is 2.87. The van der Waals surface area contributed by atoms with E-state index in [-0.39, 0.29) is 6.54 Å². The first-order valence-corrected chi connectivity index (χ1v) is 9.74. The summed E-state index contributed by atoms with van der Waals surface area (Å²) in [6, 6.07) is 5.57. The third-order valence-electron chi connectivity index (χ3n) is 4.90. The molecule has 0 heterocycles. The van der Waals surface area contributed by atoms with Crippen LogP contribution < -0.4 is 4.72 Å². The van der Waals surface area contributed by atoms with Gasteiger partial charge in [-0.3, -0.25) is 0 Å². The van der Waals surface area contributed by atoms with Crippen LogP contribution in [0.2, 0.25) is 5.02 Å². The molecule has 0 fully saturated rings. The number of hydrogen-bond acceptors (Lipinski definition) is 2. The number of rotatable bonds is 4. The Labute approximate surface area is 150 Å². The second kappa shape index (κ2) is 6.87. The van der Waals surface area contributed by atoms with Crippen molar-refractivity contribution in [1.82, 2.24) is 4.72 Å². The summed E-state index contributed by atoms with van der Waals surface area (Å²) in [6.45, 7) is 11.8. The van der Waals surface area contributed by atoms with Crippen molar-refractivity contribution in [1.29, 1.82) is 0 Å². The minimum absolute atomic E-state index is 0.215. The van der Waals surface area contributed by atoms with Crippen molar-refractivity contribution in [2.45, 2.75) is 53.0 Å². The van der Waals surface area contributed by atoms with Crippen LogP contribution in [-0.4, -0.2) is 8.42 Å². The van der Waals surface area contributed by atoms with Crippen LogP contribution in [0.25, 0.3) is 0 Å². The van der Waals surface area contributed by atoms with E-state index >= 15 is 0 Å². The van der Waals surface area contributed by atoms with Gasteiger partial charge in [0.1, 0.15) is 0 Å². The van der Waals surface area contributed by atoms with Crippen LogP contribution in [0.5, 0.6) is 0 Å². The lowest BCUT2D eigenvalue weighted by Gasteiger charge is -2.19. The van der Waals surface area contributed by atoms with E-state index in [0.29, 0.717) is 9.92 Å². The van der Waals surface area contributed by atoms with Gasteiger partial charge >= 0.3 is 0 Å². The molecule has 5 heteroatoms. The maximum absolute atomic E-state index is 12.9. The van der Waals surface area contributed by atoms with Gasteiger partial charge in [0.2, 0.25) is 10.0 Å². The number of halogens is 1. The van der Waals surface area contributed by atoms with Crippen LogP contribution in [0.15, 0.2) is 23.1 Å². The smallest absolute Gasteiger partial charge is 0.207 e. The molecule has 130 valence electrons. The van der Waals surface area contributed by atoms with Crippen molar-refractivity contribution < 1.29 is 8.42 Å². The predicted molar refractivity (Wildman–Crippen MR) is 100 cm³/mol. The molecule has 0 saturated heterocycles. The summed E-state index contributed by atoms with van der Waals surface area (Å²) in [5.74, 6) is 0. The van der Waals surface area contributed by atoms with Crippen molar-refractivity contribution in [2.24, 2.45) is 0 Å². The van der Waals surface area contributed by atoms with Gasteiger partial charge in [-0.15, -0.1) is 0 Å². The van der Waals surface area contributed by atoms with Crippen molar-refractivity contribution in [2.75, 3.05) is 0 Å². The highest BCUT2D eigenvalue weighted by molar-refractivity contribution is 7.89. The molecule has 0 aromatic heterocycles. The molecule has 0 radical (unpaired) electrons. The van der Waals surface area contributed by atoms with Crippen molar-refractivity contribution in [3.63, 3.8) is 0 Å². The maximum Gasteiger partial charge on any atom is 0.241 e. The Morgan fingerprint density at radius 1 is 0.875 bits per heavy atom. The molecule has 3 nitrogen and oxygen atoms in total. The fraction of sp³-hybridized carbons (Fsp3) is 0.368. The highest BCUT2D eigenvalue weighted by atomic mass is 35.5. The molecule has 24 heavy (non-hydrogen) atoms. The molecule has 0 amide bonds. The van der Waals surface area contributed by atoms with E-state index in [2.05, 4.69) is 4.72 Å². The van der Waals surface area contributed by atoms with Crippen LogP contribution in [-0.2, 0) is 16.6 Å². The molecular formula is C19H24ClNO2S. The lowest BCUT2D eigenvalue weighted by atomic mass is 9.95. The van der Waals surface area contributed by atoms with Crippen molar-refractivity contribution in [3.8, 4) is 0 Å². The van der Waals surface area contributed by atoms with E-state index in [1.54, 1.807) is 6.07 Å². The highest BCUT2D eigenvalue weighted by Gasteiger charge is 2.23. The highest BCUT2D eigenvalue weighted by Crippen LogP contribution is 2.29. The molecule has 0 unspecified atom stereocenters. The Morgan fingerprint density at radius 3 is 1.88 bits per heavy atom. The van der Waals surface area contributed by atoms with Gasteiger partial charge in [-0.05, 0) is 86.6 Å². The second-order valence-corrected chi connectivity index (χ2v) is 8.47. The minimum atomic E-state index is -3.60. The van der Waals surface area contributed by atoms with Crippen LogP contribution in [0, 0.1) is 41.5 Å². The van der Waals surface area contributed by atoms with Crippen LogP contribution in [0.1, 0.15) is 38.9 Å². The molecule has 0 bridgehead atoms. The van der Waals surface area contributed by atoms with Gasteiger partial charge in [0.05, 0.1) is 4.90 Å². The number of nitrogens with one attached hydrogen (secondary N) is 1.